The zero-order valence-corrected chi connectivity index (χ0v) is 13.5. The number of nitrogens with one attached hydrogen (secondary N) is 1. The van der Waals surface area contributed by atoms with Crippen LogP contribution in [0.2, 0.25) is 0 Å². The third-order valence-corrected chi connectivity index (χ3v) is 4.28. The van der Waals surface area contributed by atoms with Crippen molar-refractivity contribution < 1.29 is 14.3 Å². The van der Waals surface area contributed by atoms with Gasteiger partial charge < -0.3 is 14.8 Å². The average molecular weight is 329 g/mol. The minimum Gasteiger partial charge on any atom is -0.496 e. The first-order chi connectivity index (χ1) is 11.2. The van der Waals surface area contributed by atoms with Gasteiger partial charge in [-0.1, -0.05) is 6.07 Å². The number of nitrogens with zero attached hydrogens (tertiary/aromatic N) is 2. The Kier molecular flexibility index (Phi) is 4.38. The molecule has 3 aromatic rings. The van der Waals surface area contributed by atoms with Gasteiger partial charge in [-0.15, -0.1) is 11.3 Å². The SMILES string of the molecule is COC(=O)c1cc(CNc2ncnc3ccsc23)ccc1OC. The summed E-state index contributed by atoms with van der Waals surface area (Å²) in [6.07, 6.45) is 1.53. The van der Waals surface area contributed by atoms with Gasteiger partial charge in [-0.2, -0.15) is 0 Å². The second-order valence-electron chi connectivity index (χ2n) is 4.74. The van der Waals surface area contributed by atoms with Crippen molar-refractivity contribution in [2.75, 3.05) is 19.5 Å². The van der Waals surface area contributed by atoms with Crippen molar-refractivity contribution in [2.45, 2.75) is 6.54 Å². The van der Waals surface area contributed by atoms with E-state index in [1.807, 2.05) is 17.5 Å². The van der Waals surface area contributed by atoms with Gasteiger partial charge in [0.15, 0.2) is 0 Å². The normalized spacial score (nSPS) is 10.5. The Morgan fingerprint density at radius 2 is 2.13 bits per heavy atom. The fourth-order valence-electron chi connectivity index (χ4n) is 2.24. The summed E-state index contributed by atoms with van der Waals surface area (Å²) in [5, 5.41) is 5.26. The molecule has 0 aliphatic rings. The first-order valence-electron chi connectivity index (χ1n) is 6.90. The predicted octanol–water partition coefficient (Wildman–Crippen LogP) is 3.10. The van der Waals surface area contributed by atoms with E-state index in [0.29, 0.717) is 17.9 Å². The number of hydrogen-bond acceptors (Lipinski definition) is 7. The molecular weight excluding hydrogens is 314 g/mol. The number of rotatable bonds is 5. The van der Waals surface area contributed by atoms with Crippen molar-refractivity contribution in [1.82, 2.24) is 9.97 Å². The smallest absolute Gasteiger partial charge is 0.341 e. The minimum atomic E-state index is -0.425. The lowest BCUT2D eigenvalue weighted by Crippen LogP contribution is -2.07. The molecule has 0 saturated heterocycles. The molecule has 1 aromatic carbocycles. The zero-order valence-electron chi connectivity index (χ0n) is 12.7. The molecule has 0 aliphatic carbocycles. The number of aromatic nitrogens is 2. The fraction of sp³-hybridized carbons (Fsp3) is 0.188. The first kappa shape index (κ1) is 15.2. The van der Waals surface area contributed by atoms with Gasteiger partial charge in [0, 0.05) is 6.54 Å². The van der Waals surface area contributed by atoms with E-state index >= 15 is 0 Å². The lowest BCUT2D eigenvalue weighted by atomic mass is 10.1. The lowest BCUT2D eigenvalue weighted by molar-refractivity contribution is 0.0597. The van der Waals surface area contributed by atoms with Crippen LogP contribution in [0.15, 0.2) is 36.0 Å². The average Bonchev–Trinajstić information content (AvgIpc) is 3.08. The van der Waals surface area contributed by atoms with Gasteiger partial charge in [-0.3, -0.25) is 0 Å². The van der Waals surface area contributed by atoms with Crippen LogP contribution in [0.1, 0.15) is 15.9 Å². The summed E-state index contributed by atoms with van der Waals surface area (Å²) in [5.74, 6) is 0.843. The van der Waals surface area contributed by atoms with Crippen LogP contribution >= 0.6 is 11.3 Å². The molecule has 1 N–H and O–H groups in total. The van der Waals surface area contributed by atoms with E-state index < -0.39 is 5.97 Å². The number of benzene rings is 1. The number of anilines is 1. The van der Waals surface area contributed by atoms with E-state index in [1.165, 1.54) is 20.5 Å². The van der Waals surface area contributed by atoms with E-state index in [-0.39, 0.29) is 0 Å². The van der Waals surface area contributed by atoms with Crippen LogP contribution in [0.3, 0.4) is 0 Å². The van der Waals surface area contributed by atoms with Gasteiger partial charge in [0.05, 0.1) is 24.4 Å². The van der Waals surface area contributed by atoms with Crippen LogP contribution in [0.4, 0.5) is 5.82 Å². The molecule has 0 amide bonds. The second-order valence-corrected chi connectivity index (χ2v) is 5.65. The molecule has 3 rings (SSSR count). The van der Waals surface area contributed by atoms with Crippen molar-refractivity contribution in [2.24, 2.45) is 0 Å². The topological polar surface area (TPSA) is 73.3 Å². The number of fused-ring (bicyclic) bond motifs is 1. The molecule has 0 bridgehead atoms. The number of esters is 1. The maximum Gasteiger partial charge on any atom is 0.341 e. The summed E-state index contributed by atoms with van der Waals surface area (Å²) < 4.78 is 11.0. The Balaban J connectivity index is 1.83. The molecule has 23 heavy (non-hydrogen) atoms. The number of ether oxygens (including phenoxy) is 2. The molecule has 7 heteroatoms. The van der Waals surface area contributed by atoms with Gasteiger partial charge in [-0.05, 0) is 29.1 Å². The highest BCUT2D eigenvalue weighted by molar-refractivity contribution is 7.17. The monoisotopic (exact) mass is 329 g/mol. The number of hydrogen-bond donors (Lipinski definition) is 1. The van der Waals surface area contributed by atoms with E-state index in [9.17, 15) is 4.79 Å². The van der Waals surface area contributed by atoms with Gasteiger partial charge in [-0.25, -0.2) is 14.8 Å². The Morgan fingerprint density at radius 3 is 2.91 bits per heavy atom. The molecule has 118 valence electrons. The van der Waals surface area contributed by atoms with Crippen LogP contribution in [0, 0.1) is 0 Å². The molecule has 0 radical (unpaired) electrons. The Bertz CT molecular complexity index is 847. The van der Waals surface area contributed by atoms with E-state index in [0.717, 1.165) is 21.6 Å². The first-order valence-corrected chi connectivity index (χ1v) is 7.78. The third kappa shape index (κ3) is 3.09. The molecule has 0 aliphatic heterocycles. The molecule has 6 nitrogen and oxygen atoms in total. The van der Waals surface area contributed by atoms with Gasteiger partial charge in [0.1, 0.15) is 23.5 Å². The quantitative estimate of drug-likeness (QED) is 0.725. The molecule has 0 spiro atoms. The Morgan fingerprint density at radius 1 is 1.26 bits per heavy atom. The highest BCUT2D eigenvalue weighted by atomic mass is 32.1. The molecule has 2 heterocycles. The number of methoxy groups -OCH3 is 2. The largest absolute Gasteiger partial charge is 0.496 e. The Labute approximate surface area is 137 Å². The number of carbonyl (C=O) groups is 1. The van der Waals surface area contributed by atoms with E-state index in [4.69, 9.17) is 9.47 Å². The highest BCUT2D eigenvalue weighted by Crippen LogP contribution is 2.26. The zero-order chi connectivity index (χ0) is 16.2. The summed E-state index contributed by atoms with van der Waals surface area (Å²) in [5.41, 5.74) is 2.24. The van der Waals surface area contributed by atoms with Crippen LogP contribution in [-0.2, 0) is 11.3 Å². The van der Waals surface area contributed by atoms with Crippen molar-refractivity contribution in [3.63, 3.8) is 0 Å². The standard InChI is InChI=1S/C16H15N3O3S/c1-21-13-4-3-10(7-11(13)16(20)22-2)8-17-15-14-12(5-6-23-14)18-9-19-15/h3-7,9H,8H2,1-2H3,(H,17,18,19). The molecule has 0 unspecified atom stereocenters. The summed E-state index contributed by atoms with van der Waals surface area (Å²) in [4.78, 5) is 20.3. The van der Waals surface area contributed by atoms with Crippen LogP contribution in [0.25, 0.3) is 10.2 Å². The van der Waals surface area contributed by atoms with Crippen molar-refractivity contribution in [1.29, 1.82) is 0 Å². The molecule has 0 fully saturated rings. The summed E-state index contributed by atoms with van der Waals surface area (Å²) in [7, 11) is 2.87. The summed E-state index contributed by atoms with van der Waals surface area (Å²) in [6, 6.07) is 7.36. The summed E-state index contributed by atoms with van der Waals surface area (Å²) >= 11 is 1.59. The second kappa shape index (κ2) is 6.62. The van der Waals surface area contributed by atoms with Crippen molar-refractivity contribution >= 4 is 33.3 Å². The van der Waals surface area contributed by atoms with Crippen LogP contribution in [0.5, 0.6) is 5.75 Å². The molecule has 0 atom stereocenters. The number of carbonyl (C=O) groups excluding carboxylic acids is 1. The van der Waals surface area contributed by atoms with Crippen LogP contribution < -0.4 is 10.1 Å². The maximum atomic E-state index is 11.8. The van der Waals surface area contributed by atoms with E-state index in [1.54, 1.807) is 23.5 Å². The van der Waals surface area contributed by atoms with Crippen molar-refractivity contribution in [3.05, 3.63) is 47.1 Å². The molecule has 2 aromatic heterocycles. The molecule has 0 saturated carbocycles. The van der Waals surface area contributed by atoms with Gasteiger partial charge in [0.2, 0.25) is 0 Å². The molecular formula is C16H15N3O3S. The Hall–Kier alpha value is -2.67. The lowest BCUT2D eigenvalue weighted by Gasteiger charge is -2.10. The predicted molar refractivity (Wildman–Crippen MR) is 89.1 cm³/mol. The third-order valence-electron chi connectivity index (χ3n) is 3.37. The van der Waals surface area contributed by atoms with Gasteiger partial charge >= 0.3 is 5.97 Å². The number of thiophene rings is 1. The summed E-state index contributed by atoms with van der Waals surface area (Å²) in [6.45, 7) is 0.526. The van der Waals surface area contributed by atoms with Crippen molar-refractivity contribution in [3.8, 4) is 5.75 Å². The maximum absolute atomic E-state index is 11.8. The van der Waals surface area contributed by atoms with Gasteiger partial charge in [0.25, 0.3) is 0 Å². The minimum absolute atomic E-state index is 0.401. The van der Waals surface area contributed by atoms with Crippen LogP contribution in [-0.4, -0.2) is 30.2 Å². The fourth-order valence-corrected chi connectivity index (χ4v) is 3.05. The highest BCUT2D eigenvalue weighted by Gasteiger charge is 2.13. The van der Waals surface area contributed by atoms with E-state index in [2.05, 4.69) is 15.3 Å².